The van der Waals surface area contributed by atoms with E-state index >= 15 is 0 Å². The molecule has 0 spiro atoms. The Morgan fingerprint density at radius 1 is 1.44 bits per heavy atom. The van der Waals surface area contributed by atoms with Gasteiger partial charge in [0.05, 0.1) is 0 Å². The summed E-state index contributed by atoms with van der Waals surface area (Å²) < 4.78 is 5.26. The number of hydrogen-bond acceptors (Lipinski definition) is 3. The van der Waals surface area contributed by atoms with E-state index in [1.807, 2.05) is 20.8 Å². The van der Waals surface area contributed by atoms with Crippen LogP contribution in [0.1, 0.15) is 47.5 Å². The first-order valence-electron chi connectivity index (χ1n) is 5.95. The van der Waals surface area contributed by atoms with Crippen molar-refractivity contribution >= 4 is 6.09 Å². The summed E-state index contributed by atoms with van der Waals surface area (Å²) in [4.78, 5) is 11.7. The molecule has 1 heterocycles. The van der Waals surface area contributed by atoms with Crippen LogP contribution < -0.4 is 10.6 Å². The first kappa shape index (κ1) is 13.3. The van der Waals surface area contributed by atoms with Gasteiger partial charge in [-0.05, 0) is 54.0 Å². The Morgan fingerprint density at radius 2 is 2.06 bits per heavy atom. The third-order valence-corrected chi connectivity index (χ3v) is 2.81. The van der Waals surface area contributed by atoms with Crippen LogP contribution in [0.25, 0.3) is 0 Å². The van der Waals surface area contributed by atoms with E-state index in [2.05, 4.69) is 24.5 Å². The molecule has 1 aliphatic rings. The Labute approximate surface area is 98.1 Å². The summed E-state index contributed by atoms with van der Waals surface area (Å²) in [5.74, 6) is 0. The molecule has 4 nitrogen and oxygen atoms in total. The lowest BCUT2D eigenvalue weighted by molar-refractivity contribution is 0.0456. The van der Waals surface area contributed by atoms with Crippen molar-refractivity contribution in [2.75, 3.05) is 6.54 Å². The highest BCUT2D eigenvalue weighted by Crippen LogP contribution is 2.19. The van der Waals surface area contributed by atoms with Crippen molar-refractivity contribution < 1.29 is 9.53 Å². The minimum atomic E-state index is -0.434. The van der Waals surface area contributed by atoms with Crippen molar-refractivity contribution in [3.05, 3.63) is 0 Å². The highest BCUT2D eigenvalue weighted by molar-refractivity contribution is 5.68. The van der Waals surface area contributed by atoms with Crippen molar-refractivity contribution in [2.45, 2.75) is 64.6 Å². The van der Waals surface area contributed by atoms with Crippen LogP contribution in [-0.2, 0) is 4.74 Å². The fourth-order valence-corrected chi connectivity index (χ4v) is 1.90. The first-order chi connectivity index (χ1) is 7.21. The van der Waals surface area contributed by atoms with Gasteiger partial charge in [-0.25, -0.2) is 4.79 Å². The molecule has 0 aromatic carbocycles. The zero-order valence-electron chi connectivity index (χ0n) is 11.0. The van der Waals surface area contributed by atoms with Crippen LogP contribution in [0.3, 0.4) is 0 Å². The average Bonchev–Trinajstić information content (AvgIpc) is 2.05. The third kappa shape index (κ3) is 4.00. The fraction of sp³-hybridized carbons (Fsp3) is 0.917. The minimum absolute atomic E-state index is 0.0604. The maximum Gasteiger partial charge on any atom is 0.407 e. The Kier molecular flexibility index (Phi) is 3.84. The lowest BCUT2D eigenvalue weighted by Gasteiger charge is -2.40. The maximum absolute atomic E-state index is 11.7. The number of rotatable bonds is 1. The predicted octanol–water partition coefficient (Wildman–Crippen LogP) is 2.04. The van der Waals surface area contributed by atoms with E-state index in [9.17, 15) is 4.79 Å². The van der Waals surface area contributed by atoms with Crippen molar-refractivity contribution in [3.63, 3.8) is 0 Å². The zero-order valence-corrected chi connectivity index (χ0v) is 11.0. The summed E-state index contributed by atoms with van der Waals surface area (Å²) in [6, 6.07) is 0.135. The van der Waals surface area contributed by atoms with E-state index < -0.39 is 5.60 Å². The minimum Gasteiger partial charge on any atom is -0.444 e. The van der Waals surface area contributed by atoms with Gasteiger partial charge in [-0.1, -0.05) is 0 Å². The number of piperidine rings is 1. The van der Waals surface area contributed by atoms with Gasteiger partial charge in [0, 0.05) is 11.6 Å². The maximum atomic E-state index is 11.7. The number of hydrogen-bond donors (Lipinski definition) is 2. The van der Waals surface area contributed by atoms with Crippen LogP contribution in [0.2, 0.25) is 0 Å². The number of alkyl carbamates (subject to hydrolysis) is 1. The molecule has 0 aliphatic carbocycles. The number of carbonyl (C=O) groups excluding carboxylic acids is 1. The van der Waals surface area contributed by atoms with Crippen LogP contribution in [0, 0.1) is 0 Å². The molecule has 0 saturated carbocycles. The van der Waals surface area contributed by atoms with Gasteiger partial charge < -0.3 is 15.4 Å². The van der Waals surface area contributed by atoms with Gasteiger partial charge >= 0.3 is 6.09 Å². The molecule has 94 valence electrons. The summed E-state index contributed by atoms with van der Waals surface area (Å²) >= 11 is 0. The monoisotopic (exact) mass is 228 g/mol. The van der Waals surface area contributed by atoms with Gasteiger partial charge in [-0.3, -0.25) is 0 Å². The number of amides is 1. The Morgan fingerprint density at radius 3 is 2.56 bits per heavy atom. The molecule has 1 atom stereocenters. The van der Waals surface area contributed by atoms with Crippen LogP contribution in [0.4, 0.5) is 4.79 Å². The second kappa shape index (κ2) is 4.62. The van der Waals surface area contributed by atoms with Crippen molar-refractivity contribution in [1.82, 2.24) is 10.6 Å². The smallest absolute Gasteiger partial charge is 0.407 e. The fourth-order valence-electron chi connectivity index (χ4n) is 1.90. The van der Waals surface area contributed by atoms with Crippen LogP contribution in [-0.4, -0.2) is 29.8 Å². The second-order valence-electron chi connectivity index (χ2n) is 5.99. The van der Waals surface area contributed by atoms with Gasteiger partial charge in [0.25, 0.3) is 0 Å². The highest BCUT2D eigenvalue weighted by Gasteiger charge is 2.33. The van der Waals surface area contributed by atoms with E-state index in [4.69, 9.17) is 4.74 Å². The van der Waals surface area contributed by atoms with E-state index in [1.54, 1.807) is 0 Å². The molecule has 0 bridgehead atoms. The van der Waals surface area contributed by atoms with Crippen LogP contribution in [0.5, 0.6) is 0 Å². The van der Waals surface area contributed by atoms with E-state index in [0.29, 0.717) is 0 Å². The number of nitrogens with one attached hydrogen (secondary N) is 2. The molecule has 4 heteroatoms. The van der Waals surface area contributed by atoms with Gasteiger partial charge in [-0.2, -0.15) is 0 Å². The molecule has 1 aliphatic heterocycles. The molecule has 0 radical (unpaired) electrons. The summed E-state index contributed by atoms with van der Waals surface area (Å²) in [6.07, 6.45) is 1.76. The van der Waals surface area contributed by atoms with Gasteiger partial charge in [0.15, 0.2) is 0 Å². The average molecular weight is 228 g/mol. The Hall–Kier alpha value is -0.770. The van der Waals surface area contributed by atoms with E-state index in [0.717, 1.165) is 19.4 Å². The molecule has 0 aromatic heterocycles. The van der Waals surface area contributed by atoms with Crippen molar-refractivity contribution in [1.29, 1.82) is 0 Å². The summed E-state index contributed by atoms with van der Waals surface area (Å²) in [5.41, 5.74) is -0.495. The molecular formula is C12H24N2O2. The lowest BCUT2D eigenvalue weighted by Crippen LogP contribution is -2.60. The number of ether oxygens (including phenoxy) is 1. The molecule has 1 fully saturated rings. The Bertz CT molecular complexity index is 256. The van der Waals surface area contributed by atoms with Gasteiger partial charge in [0.1, 0.15) is 5.60 Å². The molecule has 0 unspecified atom stereocenters. The van der Waals surface area contributed by atoms with Crippen molar-refractivity contribution in [2.24, 2.45) is 0 Å². The molecule has 16 heavy (non-hydrogen) atoms. The first-order valence-corrected chi connectivity index (χ1v) is 5.95. The standard InChI is InChI=1S/C12H24N2O2/c1-11(2,3)16-10(15)14-9-7-6-8-13-12(9,4)5/h9,13H,6-8H2,1-5H3,(H,14,15)/t9-/m1/s1. The van der Waals surface area contributed by atoms with Crippen LogP contribution in [0.15, 0.2) is 0 Å². The predicted molar refractivity (Wildman–Crippen MR) is 64.5 cm³/mol. The molecular weight excluding hydrogens is 204 g/mol. The Balaban J connectivity index is 2.49. The SMILES string of the molecule is CC(C)(C)OC(=O)N[C@@H]1CCCNC1(C)C. The molecule has 1 amide bonds. The molecule has 0 aromatic rings. The van der Waals surface area contributed by atoms with E-state index in [1.165, 1.54) is 0 Å². The summed E-state index contributed by atoms with van der Waals surface area (Å²) in [5, 5.41) is 6.35. The lowest BCUT2D eigenvalue weighted by atomic mass is 9.87. The molecule has 1 rings (SSSR count). The molecule has 1 saturated heterocycles. The van der Waals surface area contributed by atoms with Crippen LogP contribution >= 0.6 is 0 Å². The number of carbonyl (C=O) groups is 1. The van der Waals surface area contributed by atoms with E-state index in [-0.39, 0.29) is 17.7 Å². The second-order valence-corrected chi connectivity index (χ2v) is 5.99. The summed E-state index contributed by atoms with van der Waals surface area (Å²) in [6.45, 7) is 10.8. The van der Waals surface area contributed by atoms with Gasteiger partial charge in [-0.15, -0.1) is 0 Å². The molecule has 2 N–H and O–H groups in total. The zero-order chi connectivity index (χ0) is 12.4. The third-order valence-electron chi connectivity index (χ3n) is 2.81. The highest BCUT2D eigenvalue weighted by atomic mass is 16.6. The topological polar surface area (TPSA) is 50.4 Å². The quantitative estimate of drug-likeness (QED) is 0.722. The van der Waals surface area contributed by atoms with Gasteiger partial charge in [0.2, 0.25) is 0 Å². The van der Waals surface area contributed by atoms with Crippen molar-refractivity contribution in [3.8, 4) is 0 Å². The normalized spacial score (nSPS) is 24.9. The summed E-state index contributed by atoms with van der Waals surface area (Å²) in [7, 11) is 0. The largest absolute Gasteiger partial charge is 0.444 e.